The topological polar surface area (TPSA) is 47.2 Å². The summed E-state index contributed by atoms with van der Waals surface area (Å²) < 4.78 is 1.76. The molecule has 1 aromatic heterocycles. The Labute approximate surface area is 85.9 Å². The van der Waals surface area contributed by atoms with Gasteiger partial charge < -0.3 is 0 Å². The lowest BCUT2D eigenvalue weighted by Crippen LogP contribution is -2.14. The van der Waals surface area contributed by atoms with Crippen molar-refractivity contribution >= 4 is 16.6 Å². The van der Waals surface area contributed by atoms with Crippen LogP contribution in [0.1, 0.15) is 12.7 Å². The summed E-state index contributed by atoms with van der Waals surface area (Å²) >= 11 is 0. The minimum atomic E-state index is -0.165. The second-order valence-corrected chi connectivity index (χ2v) is 3.67. The van der Waals surface area contributed by atoms with Gasteiger partial charge in [0.25, 0.3) is 5.56 Å². The van der Waals surface area contributed by atoms with Crippen LogP contribution in [0.15, 0.2) is 34.2 Å². The van der Waals surface area contributed by atoms with E-state index in [-0.39, 0.29) is 5.56 Å². The van der Waals surface area contributed by atoms with Crippen molar-refractivity contribution in [2.24, 2.45) is 5.10 Å². The number of rotatable bonds is 0. The van der Waals surface area contributed by atoms with Crippen molar-refractivity contribution in [3.05, 3.63) is 40.4 Å². The Balaban J connectivity index is 2.52. The van der Waals surface area contributed by atoms with E-state index in [1.165, 1.54) is 0 Å². The van der Waals surface area contributed by atoms with Crippen LogP contribution in [0.4, 0.5) is 0 Å². The molecule has 2 aromatic rings. The molecule has 0 atom stereocenters. The Morgan fingerprint density at radius 1 is 1.33 bits per heavy atom. The van der Waals surface area contributed by atoms with Gasteiger partial charge in [-0.1, -0.05) is 12.1 Å². The van der Waals surface area contributed by atoms with Gasteiger partial charge in [0.2, 0.25) is 0 Å². The second-order valence-electron chi connectivity index (χ2n) is 3.67. The third-order valence-electron chi connectivity index (χ3n) is 2.52. The fraction of sp³-hybridized carbons (Fsp3) is 0.182. The van der Waals surface area contributed by atoms with E-state index in [4.69, 9.17) is 0 Å². The van der Waals surface area contributed by atoms with E-state index in [0.717, 1.165) is 17.1 Å². The molecule has 0 saturated heterocycles. The summed E-state index contributed by atoms with van der Waals surface area (Å²) in [7, 11) is 0. The molecule has 4 heteroatoms. The van der Waals surface area contributed by atoms with E-state index in [0.29, 0.717) is 11.8 Å². The Morgan fingerprint density at radius 3 is 3.00 bits per heavy atom. The highest BCUT2D eigenvalue weighted by Crippen LogP contribution is 2.15. The van der Waals surface area contributed by atoms with Gasteiger partial charge in [-0.25, -0.2) is 4.68 Å². The highest BCUT2D eigenvalue weighted by molar-refractivity contribution is 5.88. The van der Waals surface area contributed by atoms with Crippen molar-refractivity contribution in [2.75, 3.05) is 0 Å². The molecule has 3 rings (SSSR count). The molecule has 0 bridgehead atoms. The van der Waals surface area contributed by atoms with E-state index in [2.05, 4.69) is 10.1 Å². The van der Waals surface area contributed by atoms with E-state index >= 15 is 0 Å². The number of hydrogen-bond acceptors (Lipinski definition) is 3. The molecule has 0 spiro atoms. The summed E-state index contributed by atoms with van der Waals surface area (Å²) in [6, 6.07) is 7.41. The quantitative estimate of drug-likeness (QED) is 0.639. The van der Waals surface area contributed by atoms with Crippen LogP contribution >= 0.6 is 0 Å². The normalized spacial score (nSPS) is 14.1. The summed E-state index contributed by atoms with van der Waals surface area (Å²) in [6.45, 7) is 1.94. The standard InChI is InChI=1S/C11H9N3O/c1-7-6-10-12-11(15)8-4-2-3-5-9(8)14(10)13-7/h2-5H,6H2,1H3. The maximum Gasteiger partial charge on any atom is 0.280 e. The van der Waals surface area contributed by atoms with Crippen molar-refractivity contribution in [1.82, 2.24) is 9.66 Å². The number of nitrogens with zero attached hydrogens (tertiary/aromatic N) is 3. The van der Waals surface area contributed by atoms with E-state index < -0.39 is 0 Å². The lowest BCUT2D eigenvalue weighted by atomic mass is 10.2. The highest BCUT2D eigenvalue weighted by Gasteiger charge is 2.15. The number of fused-ring (bicyclic) bond motifs is 3. The van der Waals surface area contributed by atoms with Crippen LogP contribution in [-0.4, -0.2) is 15.4 Å². The molecule has 15 heavy (non-hydrogen) atoms. The van der Waals surface area contributed by atoms with Crippen LogP contribution in [-0.2, 0) is 6.42 Å². The minimum absolute atomic E-state index is 0.165. The van der Waals surface area contributed by atoms with Gasteiger partial charge in [0, 0.05) is 12.1 Å². The number of hydrogen-bond donors (Lipinski definition) is 0. The Hall–Kier alpha value is -1.97. The Kier molecular flexibility index (Phi) is 1.54. The van der Waals surface area contributed by atoms with Crippen LogP contribution in [0.25, 0.3) is 10.9 Å². The molecular weight excluding hydrogens is 190 g/mol. The first-order valence-corrected chi connectivity index (χ1v) is 4.81. The lowest BCUT2D eigenvalue weighted by Gasteiger charge is -2.03. The zero-order valence-electron chi connectivity index (χ0n) is 8.27. The van der Waals surface area contributed by atoms with Crippen LogP contribution in [0.3, 0.4) is 0 Å². The number of aromatic nitrogens is 2. The molecule has 0 radical (unpaired) electrons. The molecule has 2 heterocycles. The molecule has 0 N–H and O–H groups in total. The van der Waals surface area contributed by atoms with Gasteiger partial charge in [0.1, 0.15) is 5.82 Å². The largest absolute Gasteiger partial charge is 0.280 e. The minimum Gasteiger partial charge on any atom is -0.267 e. The van der Waals surface area contributed by atoms with Gasteiger partial charge in [-0.2, -0.15) is 10.1 Å². The molecular formula is C11H9N3O. The summed E-state index contributed by atoms with van der Waals surface area (Å²) in [5.74, 6) is 0.733. The van der Waals surface area contributed by atoms with Gasteiger partial charge in [0.15, 0.2) is 0 Å². The first-order chi connectivity index (χ1) is 7.25. The van der Waals surface area contributed by atoms with Gasteiger partial charge in [-0.05, 0) is 19.1 Å². The molecule has 0 fully saturated rings. The SMILES string of the molecule is CC1=Nn2c(nc(=O)c3ccccc32)C1. The van der Waals surface area contributed by atoms with Crippen molar-refractivity contribution in [2.45, 2.75) is 13.3 Å². The molecule has 0 aliphatic carbocycles. The first kappa shape index (κ1) is 8.35. The van der Waals surface area contributed by atoms with Gasteiger partial charge >= 0.3 is 0 Å². The third-order valence-corrected chi connectivity index (χ3v) is 2.52. The van der Waals surface area contributed by atoms with Gasteiger partial charge in [-0.15, -0.1) is 0 Å². The Morgan fingerprint density at radius 2 is 2.13 bits per heavy atom. The fourth-order valence-corrected chi connectivity index (χ4v) is 1.86. The summed E-state index contributed by atoms with van der Waals surface area (Å²) in [6.07, 6.45) is 0.667. The summed E-state index contributed by atoms with van der Waals surface area (Å²) in [4.78, 5) is 15.7. The zero-order valence-corrected chi connectivity index (χ0v) is 8.27. The smallest absolute Gasteiger partial charge is 0.267 e. The molecule has 4 nitrogen and oxygen atoms in total. The van der Waals surface area contributed by atoms with E-state index in [1.807, 2.05) is 25.1 Å². The monoisotopic (exact) mass is 199 g/mol. The van der Waals surface area contributed by atoms with Crippen molar-refractivity contribution < 1.29 is 0 Å². The lowest BCUT2D eigenvalue weighted by molar-refractivity contribution is 0.842. The third kappa shape index (κ3) is 1.11. The maximum atomic E-state index is 11.7. The van der Waals surface area contributed by atoms with Crippen LogP contribution in [0, 0.1) is 0 Å². The average molecular weight is 199 g/mol. The summed E-state index contributed by atoms with van der Waals surface area (Å²) in [5.41, 5.74) is 1.66. The predicted octanol–water partition coefficient (Wildman–Crippen LogP) is 1.18. The number of benzene rings is 1. The zero-order chi connectivity index (χ0) is 10.4. The van der Waals surface area contributed by atoms with E-state index in [9.17, 15) is 4.79 Å². The predicted molar refractivity (Wildman–Crippen MR) is 58.2 cm³/mol. The van der Waals surface area contributed by atoms with Crippen LogP contribution in [0.2, 0.25) is 0 Å². The first-order valence-electron chi connectivity index (χ1n) is 4.81. The molecule has 0 saturated carbocycles. The molecule has 1 aromatic carbocycles. The average Bonchev–Trinajstić information content (AvgIpc) is 2.59. The van der Waals surface area contributed by atoms with Crippen molar-refractivity contribution in [1.29, 1.82) is 0 Å². The van der Waals surface area contributed by atoms with Crippen LogP contribution < -0.4 is 5.56 Å². The molecule has 74 valence electrons. The van der Waals surface area contributed by atoms with Crippen molar-refractivity contribution in [3.63, 3.8) is 0 Å². The maximum absolute atomic E-state index is 11.7. The molecule has 1 aliphatic heterocycles. The molecule has 1 aliphatic rings. The fourth-order valence-electron chi connectivity index (χ4n) is 1.86. The van der Waals surface area contributed by atoms with E-state index in [1.54, 1.807) is 10.7 Å². The van der Waals surface area contributed by atoms with Gasteiger partial charge in [0.05, 0.1) is 10.9 Å². The van der Waals surface area contributed by atoms with Gasteiger partial charge in [-0.3, -0.25) is 4.79 Å². The molecule has 0 amide bonds. The molecule has 0 unspecified atom stereocenters. The summed E-state index contributed by atoms with van der Waals surface area (Å²) in [5, 5.41) is 4.98. The second kappa shape index (κ2) is 2.76. The Bertz CT molecular complexity index is 640. The highest BCUT2D eigenvalue weighted by atomic mass is 16.1. The van der Waals surface area contributed by atoms with Crippen molar-refractivity contribution in [3.8, 4) is 0 Å². The number of para-hydroxylation sites is 1. The van der Waals surface area contributed by atoms with Crippen LogP contribution in [0.5, 0.6) is 0 Å².